The molecule has 0 aromatic carbocycles. The lowest BCUT2D eigenvalue weighted by atomic mass is 10.5. The molecule has 1 rings (SSSR count). The topological polar surface area (TPSA) is 63.1 Å². The molecule has 0 aliphatic heterocycles. The number of hydrogen-bond donors (Lipinski definition) is 1. The Kier molecular flexibility index (Phi) is 3.61. The van der Waals surface area contributed by atoms with Gasteiger partial charge in [0, 0.05) is 6.42 Å². The van der Waals surface area contributed by atoms with Gasteiger partial charge in [-0.05, 0) is 23.3 Å². The van der Waals surface area contributed by atoms with E-state index in [0.29, 0.717) is 28.3 Å². The number of alkyl halides is 1. The molecule has 1 atom stereocenters. The molecule has 0 fully saturated rings. The second-order valence-corrected chi connectivity index (χ2v) is 4.15. The highest BCUT2D eigenvalue weighted by Crippen LogP contribution is 2.25. The van der Waals surface area contributed by atoms with Crippen LogP contribution in [0.3, 0.4) is 0 Å². The van der Waals surface area contributed by atoms with Crippen LogP contribution >= 0.6 is 23.3 Å². The van der Waals surface area contributed by atoms with Gasteiger partial charge < -0.3 is 5.11 Å². The number of nitrogens with zero attached hydrogens (tertiary/aromatic N) is 2. The summed E-state index contributed by atoms with van der Waals surface area (Å²) in [5.74, 6) is -0.872. The van der Waals surface area contributed by atoms with E-state index in [4.69, 9.17) is 5.11 Å². The van der Waals surface area contributed by atoms with E-state index >= 15 is 0 Å². The van der Waals surface area contributed by atoms with Crippen LogP contribution in [0.5, 0.6) is 0 Å². The predicted octanol–water partition coefficient (Wildman–Crippen LogP) is 1.57. The van der Waals surface area contributed by atoms with Crippen molar-refractivity contribution < 1.29 is 14.3 Å². The minimum atomic E-state index is -1.96. The molecule has 0 amide bonds. The van der Waals surface area contributed by atoms with E-state index in [1.807, 2.05) is 6.92 Å². The van der Waals surface area contributed by atoms with Crippen LogP contribution in [0.1, 0.15) is 12.7 Å². The number of aryl methyl sites for hydroxylation is 1. The van der Waals surface area contributed by atoms with Crippen LogP contribution in [-0.4, -0.2) is 25.9 Å². The molecule has 0 saturated heterocycles. The van der Waals surface area contributed by atoms with Crippen LogP contribution in [0.15, 0.2) is 4.34 Å². The summed E-state index contributed by atoms with van der Waals surface area (Å²) in [5, 5.41) is 8.27. The Morgan fingerprint density at radius 3 is 3.00 bits per heavy atom. The Bertz CT molecular complexity index is 305. The van der Waals surface area contributed by atoms with Crippen molar-refractivity contribution in [3.05, 3.63) is 5.82 Å². The predicted molar refractivity (Wildman–Crippen MR) is 47.7 cm³/mol. The van der Waals surface area contributed by atoms with E-state index in [0.717, 1.165) is 11.5 Å². The standard InChI is InChI=1S/C6H7FN2O2S2/c1-2-3-8-6(13-9-3)12-4(7)5(10)11/h4H,2H2,1H3,(H,10,11). The van der Waals surface area contributed by atoms with Crippen molar-refractivity contribution in [3.63, 3.8) is 0 Å². The lowest BCUT2D eigenvalue weighted by Gasteiger charge is -1.96. The van der Waals surface area contributed by atoms with Gasteiger partial charge in [-0.1, -0.05) is 6.92 Å². The average Bonchev–Trinajstić information content (AvgIpc) is 2.52. The molecular formula is C6H7FN2O2S2. The number of carbonyl (C=O) groups is 1. The molecule has 0 bridgehead atoms. The van der Waals surface area contributed by atoms with E-state index in [-0.39, 0.29) is 0 Å². The first-order chi connectivity index (χ1) is 6.13. The largest absolute Gasteiger partial charge is 0.478 e. The molecule has 7 heteroatoms. The summed E-state index contributed by atoms with van der Waals surface area (Å²) in [4.78, 5) is 14.1. The van der Waals surface area contributed by atoms with E-state index in [1.54, 1.807) is 0 Å². The Hall–Kier alpha value is -0.690. The second kappa shape index (κ2) is 4.52. The fourth-order valence-corrected chi connectivity index (χ4v) is 2.04. The summed E-state index contributed by atoms with van der Waals surface area (Å²) in [6.45, 7) is 1.88. The number of carboxylic acid groups (broad SMARTS) is 1. The number of hydrogen-bond acceptors (Lipinski definition) is 5. The molecule has 0 aliphatic rings. The maximum Gasteiger partial charge on any atom is 0.349 e. The van der Waals surface area contributed by atoms with Crippen LogP contribution in [0.25, 0.3) is 0 Å². The van der Waals surface area contributed by atoms with Gasteiger partial charge in [-0.3, -0.25) is 0 Å². The number of aromatic nitrogens is 2. The van der Waals surface area contributed by atoms with E-state index in [2.05, 4.69) is 9.36 Å². The average molecular weight is 222 g/mol. The lowest BCUT2D eigenvalue weighted by molar-refractivity contribution is -0.139. The monoisotopic (exact) mass is 222 g/mol. The molecule has 1 aromatic heterocycles. The highest BCUT2D eigenvalue weighted by Gasteiger charge is 2.19. The smallest absolute Gasteiger partial charge is 0.349 e. The summed E-state index contributed by atoms with van der Waals surface area (Å²) >= 11 is 1.58. The number of halogens is 1. The Morgan fingerprint density at radius 1 is 1.85 bits per heavy atom. The second-order valence-electron chi connectivity index (χ2n) is 2.10. The normalized spacial score (nSPS) is 12.8. The zero-order chi connectivity index (χ0) is 9.84. The van der Waals surface area contributed by atoms with Crippen molar-refractivity contribution >= 4 is 29.3 Å². The summed E-state index contributed by atoms with van der Waals surface area (Å²) in [5.41, 5.74) is -1.96. The quantitative estimate of drug-likeness (QED) is 0.783. The maximum absolute atomic E-state index is 12.6. The van der Waals surface area contributed by atoms with Gasteiger partial charge in [-0.2, -0.15) is 4.37 Å². The highest BCUT2D eigenvalue weighted by atomic mass is 32.2. The number of thioether (sulfide) groups is 1. The summed E-state index contributed by atoms with van der Waals surface area (Å²) in [6.07, 6.45) is 0.668. The molecule has 0 spiro atoms. The van der Waals surface area contributed by atoms with Crippen LogP contribution < -0.4 is 0 Å². The minimum absolute atomic E-state index is 0.353. The van der Waals surface area contributed by atoms with Gasteiger partial charge in [-0.15, -0.1) is 0 Å². The zero-order valence-corrected chi connectivity index (χ0v) is 8.36. The van der Waals surface area contributed by atoms with Crippen molar-refractivity contribution in [1.29, 1.82) is 0 Å². The molecule has 13 heavy (non-hydrogen) atoms. The summed E-state index contributed by atoms with van der Waals surface area (Å²) in [6, 6.07) is 0. The van der Waals surface area contributed by atoms with Crippen LogP contribution in [0.2, 0.25) is 0 Å². The van der Waals surface area contributed by atoms with E-state index < -0.39 is 11.5 Å². The highest BCUT2D eigenvalue weighted by molar-refractivity contribution is 8.02. The third kappa shape index (κ3) is 2.92. The fourth-order valence-electron chi connectivity index (χ4n) is 0.568. The van der Waals surface area contributed by atoms with Gasteiger partial charge in [0.15, 0.2) is 4.34 Å². The van der Waals surface area contributed by atoms with Gasteiger partial charge in [0.25, 0.3) is 0 Å². The Balaban J connectivity index is 2.58. The summed E-state index contributed by atoms with van der Waals surface area (Å²) < 4.78 is 16.9. The molecule has 0 aliphatic carbocycles. The van der Waals surface area contributed by atoms with Crippen molar-refractivity contribution in [1.82, 2.24) is 9.36 Å². The third-order valence-corrected chi connectivity index (χ3v) is 2.93. The fraction of sp³-hybridized carbons (Fsp3) is 0.500. The maximum atomic E-state index is 12.6. The third-order valence-electron chi connectivity index (χ3n) is 1.16. The molecule has 1 aromatic rings. The van der Waals surface area contributed by atoms with Crippen LogP contribution in [0, 0.1) is 0 Å². The molecule has 0 radical (unpaired) electrons. The minimum Gasteiger partial charge on any atom is -0.478 e. The molecule has 4 nitrogen and oxygen atoms in total. The first kappa shape index (κ1) is 10.4. The van der Waals surface area contributed by atoms with Gasteiger partial charge >= 0.3 is 5.97 Å². The first-order valence-electron chi connectivity index (χ1n) is 3.49. The summed E-state index contributed by atoms with van der Waals surface area (Å²) in [7, 11) is 0. The SMILES string of the molecule is CCc1nsc(SC(F)C(=O)O)n1. The molecule has 0 saturated carbocycles. The first-order valence-corrected chi connectivity index (χ1v) is 5.15. The van der Waals surface area contributed by atoms with E-state index in [9.17, 15) is 9.18 Å². The molecule has 1 unspecified atom stereocenters. The molecule has 1 heterocycles. The van der Waals surface area contributed by atoms with Gasteiger partial charge in [0.1, 0.15) is 5.82 Å². The molecular weight excluding hydrogens is 215 g/mol. The van der Waals surface area contributed by atoms with Crippen LogP contribution in [-0.2, 0) is 11.2 Å². The van der Waals surface area contributed by atoms with Gasteiger partial charge in [0.2, 0.25) is 5.50 Å². The van der Waals surface area contributed by atoms with Gasteiger partial charge in [-0.25, -0.2) is 14.2 Å². The van der Waals surface area contributed by atoms with Crippen LogP contribution in [0.4, 0.5) is 4.39 Å². The number of aliphatic carboxylic acids is 1. The Morgan fingerprint density at radius 2 is 2.54 bits per heavy atom. The molecule has 72 valence electrons. The van der Waals surface area contributed by atoms with Crippen molar-refractivity contribution in [3.8, 4) is 0 Å². The van der Waals surface area contributed by atoms with Crippen molar-refractivity contribution in [2.45, 2.75) is 23.2 Å². The lowest BCUT2D eigenvalue weighted by Crippen LogP contribution is -2.09. The van der Waals surface area contributed by atoms with Crippen molar-refractivity contribution in [2.24, 2.45) is 0 Å². The van der Waals surface area contributed by atoms with Gasteiger partial charge in [0.05, 0.1) is 0 Å². The van der Waals surface area contributed by atoms with Crippen molar-refractivity contribution in [2.75, 3.05) is 0 Å². The zero-order valence-electron chi connectivity index (χ0n) is 6.73. The molecule has 1 N–H and O–H groups in total. The van der Waals surface area contributed by atoms with E-state index in [1.165, 1.54) is 0 Å². The Labute approximate surface area is 82.4 Å². The number of rotatable bonds is 4. The number of carboxylic acids is 1.